The molecule has 0 saturated heterocycles. The third-order valence-corrected chi connectivity index (χ3v) is 4.99. The molecule has 3 aromatic rings. The van der Waals surface area contributed by atoms with Crippen molar-refractivity contribution in [1.29, 1.82) is 0 Å². The van der Waals surface area contributed by atoms with Gasteiger partial charge < -0.3 is 15.5 Å². The van der Waals surface area contributed by atoms with Crippen LogP contribution < -0.4 is 15.5 Å². The van der Waals surface area contributed by atoms with E-state index in [0.29, 0.717) is 29.8 Å². The summed E-state index contributed by atoms with van der Waals surface area (Å²) in [5.74, 6) is 0.0961. The SMILES string of the molecule is CC(=O)Nc1cc(F)cc(Nc2ncnc(N3CCc4cc(Br)ccc4C3)n2)c1. The normalized spacial score (nSPS) is 13.0. The molecule has 2 heterocycles. The molecular weight excluding hydrogens is 439 g/mol. The van der Waals surface area contributed by atoms with E-state index < -0.39 is 5.82 Å². The van der Waals surface area contributed by atoms with Crippen LogP contribution in [0, 0.1) is 5.82 Å². The highest BCUT2D eigenvalue weighted by molar-refractivity contribution is 9.10. The van der Waals surface area contributed by atoms with E-state index in [-0.39, 0.29) is 5.91 Å². The molecule has 1 aliphatic rings. The van der Waals surface area contributed by atoms with Gasteiger partial charge in [-0.3, -0.25) is 4.79 Å². The Kier molecular flexibility index (Phi) is 5.39. The molecule has 1 aromatic heterocycles. The Balaban J connectivity index is 1.53. The van der Waals surface area contributed by atoms with Crippen molar-refractivity contribution in [3.05, 3.63) is 64.1 Å². The second-order valence-electron chi connectivity index (χ2n) is 6.73. The molecule has 2 N–H and O–H groups in total. The zero-order valence-corrected chi connectivity index (χ0v) is 17.2. The Bertz CT molecular complexity index is 1080. The van der Waals surface area contributed by atoms with Gasteiger partial charge in [-0.1, -0.05) is 22.0 Å². The minimum Gasteiger partial charge on any atom is -0.336 e. The third-order valence-electron chi connectivity index (χ3n) is 4.50. The standard InChI is InChI=1S/C20H18BrFN6O/c1-12(29)25-17-7-16(22)8-18(9-17)26-19-23-11-24-20(27-19)28-5-4-13-6-15(21)3-2-14(13)10-28/h2-3,6-9,11H,4-5,10H2,1H3,(H,25,29)(H,23,24,26,27). The van der Waals surface area contributed by atoms with Crippen LogP contribution in [0.3, 0.4) is 0 Å². The average molecular weight is 457 g/mol. The molecule has 0 fully saturated rings. The number of hydrogen-bond acceptors (Lipinski definition) is 6. The van der Waals surface area contributed by atoms with Crippen molar-refractivity contribution < 1.29 is 9.18 Å². The summed E-state index contributed by atoms with van der Waals surface area (Å²) in [6.07, 6.45) is 2.32. The predicted octanol–water partition coefficient (Wildman–Crippen LogP) is 4.04. The van der Waals surface area contributed by atoms with Gasteiger partial charge in [0.2, 0.25) is 17.8 Å². The molecule has 0 spiro atoms. The summed E-state index contributed by atoms with van der Waals surface area (Å²) < 4.78 is 14.9. The fraction of sp³-hybridized carbons (Fsp3) is 0.200. The zero-order chi connectivity index (χ0) is 20.4. The van der Waals surface area contributed by atoms with Crippen molar-refractivity contribution in [2.75, 3.05) is 22.1 Å². The second kappa shape index (κ2) is 8.12. The number of anilines is 4. The van der Waals surface area contributed by atoms with Gasteiger partial charge in [0.05, 0.1) is 0 Å². The molecule has 0 saturated carbocycles. The lowest BCUT2D eigenvalue weighted by Crippen LogP contribution is -2.32. The molecule has 0 unspecified atom stereocenters. The van der Waals surface area contributed by atoms with Crippen LogP contribution >= 0.6 is 15.9 Å². The fourth-order valence-electron chi connectivity index (χ4n) is 3.26. The van der Waals surface area contributed by atoms with Crippen LogP contribution in [0.5, 0.6) is 0 Å². The quantitative estimate of drug-likeness (QED) is 0.616. The minimum atomic E-state index is -0.480. The summed E-state index contributed by atoms with van der Waals surface area (Å²) in [6.45, 7) is 2.87. The molecule has 7 nitrogen and oxygen atoms in total. The van der Waals surface area contributed by atoms with Crippen molar-refractivity contribution in [3.63, 3.8) is 0 Å². The number of carbonyl (C=O) groups excluding carboxylic acids is 1. The lowest BCUT2D eigenvalue weighted by molar-refractivity contribution is -0.114. The number of fused-ring (bicyclic) bond motifs is 1. The van der Waals surface area contributed by atoms with E-state index in [1.807, 2.05) is 6.07 Å². The fourth-order valence-corrected chi connectivity index (χ4v) is 3.67. The van der Waals surface area contributed by atoms with Crippen LogP contribution in [0.15, 0.2) is 47.2 Å². The van der Waals surface area contributed by atoms with E-state index in [0.717, 1.165) is 17.4 Å². The number of halogens is 2. The number of rotatable bonds is 4. The van der Waals surface area contributed by atoms with Gasteiger partial charge in [0.25, 0.3) is 0 Å². The number of nitrogens with one attached hydrogen (secondary N) is 2. The Hall–Kier alpha value is -3.07. The molecule has 0 atom stereocenters. The van der Waals surface area contributed by atoms with Gasteiger partial charge in [-0.15, -0.1) is 0 Å². The highest BCUT2D eigenvalue weighted by Crippen LogP contribution is 2.26. The molecule has 4 rings (SSSR count). The summed E-state index contributed by atoms with van der Waals surface area (Å²) >= 11 is 3.51. The molecule has 1 aliphatic heterocycles. The molecule has 0 bridgehead atoms. The van der Waals surface area contributed by atoms with Gasteiger partial charge in [-0.2, -0.15) is 4.98 Å². The summed E-state index contributed by atoms with van der Waals surface area (Å²) in [4.78, 5) is 26.2. The van der Waals surface area contributed by atoms with E-state index in [9.17, 15) is 9.18 Å². The molecule has 29 heavy (non-hydrogen) atoms. The molecule has 0 aliphatic carbocycles. The number of benzene rings is 2. The first-order valence-electron chi connectivity index (χ1n) is 9.03. The highest BCUT2D eigenvalue weighted by Gasteiger charge is 2.19. The lowest BCUT2D eigenvalue weighted by atomic mass is 10.0. The summed E-state index contributed by atoms with van der Waals surface area (Å²) in [6, 6.07) is 10.4. The summed E-state index contributed by atoms with van der Waals surface area (Å²) in [7, 11) is 0. The van der Waals surface area contributed by atoms with E-state index in [1.54, 1.807) is 6.07 Å². The van der Waals surface area contributed by atoms with Gasteiger partial charge in [-0.25, -0.2) is 14.4 Å². The van der Waals surface area contributed by atoms with Gasteiger partial charge in [-0.05, 0) is 47.9 Å². The summed E-state index contributed by atoms with van der Waals surface area (Å²) in [5, 5.41) is 5.54. The number of hydrogen-bond donors (Lipinski definition) is 2. The van der Waals surface area contributed by atoms with Crippen LogP contribution in [-0.4, -0.2) is 27.4 Å². The van der Waals surface area contributed by atoms with Gasteiger partial charge in [0, 0.05) is 35.9 Å². The monoisotopic (exact) mass is 456 g/mol. The van der Waals surface area contributed by atoms with Crippen molar-refractivity contribution in [2.45, 2.75) is 19.9 Å². The van der Waals surface area contributed by atoms with Gasteiger partial charge >= 0.3 is 0 Å². The first-order chi connectivity index (χ1) is 14.0. The lowest BCUT2D eigenvalue weighted by Gasteiger charge is -2.29. The van der Waals surface area contributed by atoms with Crippen molar-refractivity contribution >= 4 is 45.1 Å². The number of amides is 1. The third kappa shape index (κ3) is 4.68. The zero-order valence-electron chi connectivity index (χ0n) is 15.6. The Morgan fingerprint density at radius 1 is 1.14 bits per heavy atom. The molecule has 1 amide bonds. The Labute approximate surface area is 175 Å². The first kappa shape index (κ1) is 19.3. The predicted molar refractivity (Wildman–Crippen MR) is 113 cm³/mol. The number of aromatic nitrogens is 3. The smallest absolute Gasteiger partial charge is 0.232 e. The van der Waals surface area contributed by atoms with E-state index in [1.165, 1.54) is 36.5 Å². The van der Waals surface area contributed by atoms with Crippen LogP contribution in [0.4, 0.5) is 27.7 Å². The first-order valence-corrected chi connectivity index (χ1v) is 9.82. The van der Waals surface area contributed by atoms with Gasteiger partial charge in [0.15, 0.2) is 0 Å². The van der Waals surface area contributed by atoms with Crippen molar-refractivity contribution in [3.8, 4) is 0 Å². The van der Waals surface area contributed by atoms with Crippen molar-refractivity contribution in [1.82, 2.24) is 15.0 Å². The van der Waals surface area contributed by atoms with Gasteiger partial charge in [0.1, 0.15) is 12.1 Å². The maximum absolute atomic E-state index is 13.9. The molecule has 2 aromatic carbocycles. The second-order valence-corrected chi connectivity index (χ2v) is 7.64. The Morgan fingerprint density at radius 3 is 2.79 bits per heavy atom. The number of nitrogens with zero attached hydrogens (tertiary/aromatic N) is 4. The van der Waals surface area contributed by atoms with Crippen LogP contribution in [0.1, 0.15) is 18.1 Å². The molecular formula is C20H18BrFN6O. The highest BCUT2D eigenvalue weighted by atomic mass is 79.9. The molecule has 9 heteroatoms. The minimum absolute atomic E-state index is 0.276. The molecule has 148 valence electrons. The van der Waals surface area contributed by atoms with E-state index >= 15 is 0 Å². The van der Waals surface area contributed by atoms with Crippen molar-refractivity contribution in [2.24, 2.45) is 0 Å². The largest absolute Gasteiger partial charge is 0.336 e. The average Bonchev–Trinajstić information content (AvgIpc) is 2.66. The topological polar surface area (TPSA) is 83.0 Å². The molecule has 0 radical (unpaired) electrons. The number of carbonyl (C=O) groups is 1. The van der Waals surface area contributed by atoms with E-state index in [4.69, 9.17) is 0 Å². The van der Waals surface area contributed by atoms with Crippen LogP contribution in [0.25, 0.3) is 0 Å². The van der Waals surface area contributed by atoms with Crippen LogP contribution in [-0.2, 0) is 17.8 Å². The van der Waals surface area contributed by atoms with Crippen LogP contribution in [0.2, 0.25) is 0 Å². The maximum atomic E-state index is 13.9. The van der Waals surface area contributed by atoms with E-state index in [2.05, 4.69) is 58.5 Å². The maximum Gasteiger partial charge on any atom is 0.232 e. The summed E-state index contributed by atoms with van der Waals surface area (Å²) in [5.41, 5.74) is 3.33. The Morgan fingerprint density at radius 2 is 1.97 bits per heavy atom.